The van der Waals surface area contributed by atoms with Gasteiger partial charge in [0, 0.05) is 20.1 Å². The second-order valence-corrected chi connectivity index (χ2v) is 4.80. The molecule has 0 spiro atoms. The molecule has 1 unspecified atom stereocenters. The highest BCUT2D eigenvalue weighted by Gasteiger charge is 2.41. The SMILES string of the molecule is COCCOCCC(=O)NC(C)(CN)C1CC1. The van der Waals surface area contributed by atoms with Gasteiger partial charge in [-0.2, -0.15) is 0 Å². The highest BCUT2D eigenvalue weighted by molar-refractivity contribution is 5.77. The molecule has 0 heterocycles. The quantitative estimate of drug-likeness (QED) is 0.571. The summed E-state index contributed by atoms with van der Waals surface area (Å²) in [7, 11) is 1.62. The maximum absolute atomic E-state index is 11.7. The Labute approximate surface area is 103 Å². The molecule has 3 N–H and O–H groups in total. The minimum atomic E-state index is -0.233. The van der Waals surface area contributed by atoms with Crippen LogP contribution in [0.5, 0.6) is 0 Å². The van der Waals surface area contributed by atoms with Crippen LogP contribution in [0.15, 0.2) is 0 Å². The second-order valence-electron chi connectivity index (χ2n) is 4.80. The van der Waals surface area contributed by atoms with Crippen LogP contribution < -0.4 is 11.1 Å². The highest BCUT2D eigenvalue weighted by Crippen LogP contribution is 2.38. The van der Waals surface area contributed by atoms with E-state index >= 15 is 0 Å². The van der Waals surface area contributed by atoms with E-state index in [2.05, 4.69) is 5.32 Å². The van der Waals surface area contributed by atoms with Gasteiger partial charge in [-0.25, -0.2) is 0 Å². The summed E-state index contributed by atoms with van der Waals surface area (Å²) in [6, 6.07) is 0. The van der Waals surface area contributed by atoms with E-state index in [-0.39, 0.29) is 11.4 Å². The molecule has 100 valence electrons. The predicted octanol–water partition coefficient (Wildman–Crippen LogP) is 0.283. The Morgan fingerprint density at radius 1 is 1.41 bits per heavy atom. The van der Waals surface area contributed by atoms with Crippen LogP contribution in [-0.4, -0.2) is 44.9 Å². The van der Waals surface area contributed by atoms with E-state index in [1.54, 1.807) is 7.11 Å². The van der Waals surface area contributed by atoms with Gasteiger partial charge in [0.1, 0.15) is 0 Å². The summed E-state index contributed by atoms with van der Waals surface area (Å²) >= 11 is 0. The summed E-state index contributed by atoms with van der Waals surface area (Å²) in [5.74, 6) is 0.563. The normalized spacial score (nSPS) is 18.8. The van der Waals surface area contributed by atoms with Crippen molar-refractivity contribution in [3.8, 4) is 0 Å². The first-order chi connectivity index (χ1) is 8.12. The predicted molar refractivity (Wildman–Crippen MR) is 65.6 cm³/mol. The van der Waals surface area contributed by atoms with Crippen molar-refractivity contribution in [2.45, 2.75) is 31.7 Å². The van der Waals surface area contributed by atoms with Gasteiger partial charge in [-0.3, -0.25) is 4.79 Å². The summed E-state index contributed by atoms with van der Waals surface area (Å²) in [6.45, 7) is 4.04. The Hall–Kier alpha value is -0.650. The van der Waals surface area contributed by atoms with Crippen molar-refractivity contribution < 1.29 is 14.3 Å². The molecule has 0 bridgehead atoms. The Bertz CT molecular complexity index is 244. The van der Waals surface area contributed by atoms with Crippen molar-refractivity contribution in [2.24, 2.45) is 11.7 Å². The number of hydrogen-bond donors (Lipinski definition) is 2. The van der Waals surface area contributed by atoms with Crippen LogP contribution in [0.1, 0.15) is 26.2 Å². The Kier molecular flexibility index (Phi) is 5.88. The van der Waals surface area contributed by atoms with Crippen LogP contribution in [0.3, 0.4) is 0 Å². The molecule has 1 amide bonds. The first-order valence-corrected chi connectivity index (χ1v) is 6.20. The van der Waals surface area contributed by atoms with Crippen molar-refractivity contribution in [3.05, 3.63) is 0 Å². The molecule has 0 aromatic carbocycles. The third-order valence-electron chi connectivity index (χ3n) is 3.23. The van der Waals surface area contributed by atoms with Gasteiger partial charge in [0.15, 0.2) is 0 Å². The third kappa shape index (κ3) is 5.02. The van der Waals surface area contributed by atoms with E-state index in [0.29, 0.717) is 38.7 Å². The lowest BCUT2D eigenvalue weighted by Crippen LogP contribution is -2.53. The van der Waals surface area contributed by atoms with Gasteiger partial charge in [0.2, 0.25) is 5.91 Å². The molecule has 1 atom stereocenters. The summed E-state index contributed by atoms with van der Waals surface area (Å²) in [6.07, 6.45) is 2.71. The number of methoxy groups -OCH3 is 1. The van der Waals surface area contributed by atoms with E-state index < -0.39 is 0 Å². The molecule has 17 heavy (non-hydrogen) atoms. The monoisotopic (exact) mass is 244 g/mol. The number of carbonyl (C=O) groups excluding carboxylic acids is 1. The summed E-state index contributed by atoms with van der Waals surface area (Å²) in [4.78, 5) is 11.7. The molecule has 1 fully saturated rings. The van der Waals surface area contributed by atoms with Crippen LogP contribution in [0, 0.1) is 5.92 Å². The van der Waals surface area contributed by atoms with Crippen molar-refractivity contribution >= 4 is 5.91 Å². The molecule has 5 nitrogen and oxygen atoms in total. The maximum atomic E-state index is 11.7. The summed E-state index contributed by atoms with van der Waals surface area (Å²) in [5.41, 5.74) is 5.50. The number of amides is 1. The molecule has 0 aromatic rings. The number of nitrogens with two attached hydrogens (primary N) is 1. The first-order valence-electron chi connectivity index (χ1n) is 6.20. The lowest BCUT2D eigenvalue weighted by atomic mass is 9.96. The van der Waals surface area contributed by atoms with Crippen LogP contribution in [-0.2, 0) is 14.3 Å². The van der Waals surface area contributed by atoms with Crippen LogP contribution >= 0.6 is 0 Å². The van der Waals surface area contributed by atoms with Gasteiger partial charge in [-0.1, -0.05) is 0 Å². The molecule has 0 saturated heterocycles. The lowest BCUT2D eigenvalue weighted by Gasteiger charge is -2.29. The molecule has 1 aliphatic carbocycles. The molecule has 1 saturated carbocycles. The van der Waals surface area contributed by atoms with Crippen LogP contribution in [0.2, 0.25) is 0 Å². The topological polar surface area (TPSA) is 73.6 Å². The Morgan fingerprint density at radius 3 is 2.65 bits per heavy atom. The first kappa shape index (κ1) is 14.4. The average molecular weight is 244 g/mol. The Balaban J connectivity index is 2.15. The van der Waals surface area contributed by atoms with Gasteiger partial charge in [0.05, 0.1) is 25.4 Å². The molecule has 0 aromatic heterocycles. The zero-order valence-electron chi connectivity index (χ0n) is 10.8. The standard InChI is InChI=1S/C12H24N2O3/c1-12(9-13,10-3-4-10)14-11(15)5-6-17-8-7-16-2/h10H,3-9,13H2,1-2H3,(H,14,15). The fourth-order valence-corrected chi connectivity index (χ4v) is 1.83. The van der Waals surface area contributed by atoms with E-state index in [9.17, 15) is 4.79 Å². The minimum absolute atomic E-state index is 0.0160. The van der Waals surface area contributed by atoms with E-state index in [0.717, 1.165) is 12.8 Å². The molecule has 1 aliphatic rings. The zero-order valence-corrected chi connectivity index (χ0v) is 10.8. The number of hydrogen-bond acceptors (Lipinski definition) is 4. The molecule has 1 rings (SSSR count). The van der Waals surface area contributed by atoms with Gasteiger partial charge in [0.25, 0.3) is 0 Å². The highest BCUT2D eigenvalue weighted by atomic mass is 16.5. The van der Waals surface area contributed by atoms with Crippen molar-refractivity contribution in [3.63, 3.8) is 0 Å². The van der Waals surface area contributed by atoms with Crippen molar-refractivity contribution in [2.75, 3.05) is 33.5 Å². The van der Waals surface area contributed by atoms with Crippen molar-refractivity contribution in [1.82, 2.24) is 5.32 Å². The van der Waals surface area contributed by atoms with E-state index in [1.807, 2.05) is 6.92 Å². The molecular weight excluding hydrogens is 220 g/mol. The minimum Gasteiger partial charge on any atom is -0.382 e. The molecule has 5 heteroatoms. The van der Waals surface area contributed by atoms with Crippen LogP contribution in [0.4, 0.5) is 0 Å². The number of carbonyl (C=O) groups is 1. The summed E-state index contributed by atoms with van der Waals surface area (Å²) < 4.78 is 10.1. The molecule has 0 aliphatic heterocycles. The zero-order chi connectivity index (χ0) is 12.7. The van der Waals surface area contributed by atoms with Gasteiger partial charge < -0.3 is 20.5 Å². The Morgan fingerprint density at radius 2 is 2.12 bits per heavy atom. The molecular formula is C12H24N2O3. The van der Waals surface area contributed by atoms with Crippen LogP contribution in [0.25, 0.3) is 0 Å². The largest absolute Gasteiger partial charge is 0.382 e. The average Bonchev–Trinajstić information content (AvgIpc) is 3.12. The number of rotatable bonds is 9. The van der Waals surface area contributed by atoms with Gasteiger partial charge in [-0.15, -0.1) is 0 Å². The third-order valence-corrected chi connectivity index (χ3v) is 3.23. The fraction of sp³-hybridized carbons (Fsp3) is 0.917. The number of ether oxygens (including phenoxy) is 2. The van der Waals surface area contributed by atoms with E-state index in [4.69, 9.17) is 15.2 Å². The molecule has 0 radical (unpaired) electrons. The maximum Gasteiger partial charge on any atom is 0.222 e. The van der Waals surface area contributed by atoms with Crippen molar-refractivity contribution in [1.29, 1.82) is 0 Å². The fourth-order valence-electron chi connectivity index (χ4n) is 1.83. The lowest BCUT2D eigenvalue weighted by molar-refractivity contribution is -0.124. The van der Waals surface area contributed by atoms with Gasteiger partial charge >= 0.3 is 0 Å². The van der Waals surface area contributed by atoms with Gasteiger partial charge in [-0.05, 0) is 25.7 Å². The second kappa shape index (κ2) is 6.93. The smallest absolute Gasteiger partial charge is 0.222 e. The summed E-state index contributed by atoms with van der Waals surface area (Å²) in [5, 5.41) is 3.02. The number of nitrogens with one attached hydrogen (secondary N) is 1. The van der Waals surface area contributed by atoms with E-state index in [1.165, 1.54) is 0 Å².